The van der Waals surface area contributed by atoms with Crippen LogP contribution in [0.4, 0.5) is 0 Å². The summed E-state index contributed by atoms with van der Waals surface area (Å²) in [4.78, 5) is 11.9. The second-order valence-electron chi connectivity index (χ2n) is 5.68. The van der Waals surface area contributed by atoms with E-state index in [1.54, 1.807) is 0 Å². The van der Waals surface area contributed by atoms with E-state index in [4.69, 9.17) is 5.11 Å². The molecule has 3 heteroatoms. The molecule has 0 aromatic heterocycles. The fraction of sp³-hybridized carbons (Fsp3) is 0.923. The highest BCUT2D eigenvalue weighted by Crippen LogP contribution is 2.18. The van der Waals surface area contributed by atoms with Gasteiger partial charge in [0.2, 0.25) is 5.91 Å². The van der Waals surface area contributed by atoms with Crippen molar-refractivity contribution in [2.24, 2.45) is 17.3 Å². The number of amides is 1. The van der Waals surface area contributed by atoms with Gasteiger partial charge in [-0.15, -0.1) is 0 Å². The molecule has 1 unspecified atom stereocenters. The molecule has 3 nitrogen and oxygen atoms in total. The van der Waals surface area contributed by atoms with Crippen molar-refractivity contribution >= 4 is 5.91 Å². The molecule has 0 saturated heterocycles. The van der Waals surface area contributed by atoms with Crippen molar-refractivity contribution in [3.63, 3.8) is 0 Å². The monoisotopic (exact) mass is 229 g/mol. The molecule has 0 aliphatic heterocycles. The molecular formula is C13H27NO2. The van der Waals surface area contributed by atoms with Crippen molar-refractivity contribution in [1.82, 2.24) is 5.32 Å². The Morgan fingerprint density at radius 2 is 1.94 bits per heavy atom. The Balaban J connectivity index is 4.21. The maximum atomic E-state index is 11.9. The van der Waals surface area contributed by atoms with Crippen LogP contribution in [-0.4, -0.2) is 24.2 Å². The molecule has 0 aromatic rings. The van der Waals surface area contributed by atoms with Gasteiger partial charge in [-0.1, -0.05) is 41.0 Å². The van der Waals surface area contributed by atoms with E-state index in [9.17, 15) is 4.79 Å². The van der Waals surface area contributed by atoms with Crippen molar-refractivity contribution < 1.29 is 9.90 Å². The van der Waals surface area contributed by atoms with Crippen LogP contribution in [-0.2, 0) is 4.79 Å². The average Bonchev–Trinajstić information content (AvgIpc) is 2.22. The van der Waals surface area contributed by atoms with Gasteiger partial charge < -0.3 is 10.4 Å². The molecule has 0 saturated carbocycles. The van der Waals surface area contributed by atoms with Gasteiger partial charge in [-0.2, -0.15) is 0 Å². The lowest BCUT2D eigenvalue weighted by Crippen LogP contribution is -2.40. The van der Waals surface area contributed by atoms with Gasteiger partial charge in [0.15, 0.2) is 0 Å². The Bertz CT molecular complexity index is 212. The minimum Gasteiger partial charge on any atom is -0.396 e. The van der Waals surface area contributed by atoms with Crippen LogP contribution in [0.3, 0.4) is 0 Å². The van der Waals surface area contributed by atoms with Crippen LogP contribution < -0.4 is 5.32 Å². The zero-order chi connectivity index (χ0) is 12.8. The summed E-state index contributed by atoms with van der Waals surface area (Å²) in [5, 5.41) is 12.0. The van der Waals surface area contributed by atoms with Crippen molar-refractivity contribution in [1.29, 1.82) is 0 Å². The third-order valence-electron chi connectivity index (χ3n) is 2.91. The van der Waals surface area contributed by atoms with E-state index in [1.165, 1.54) is 0 Å². The Labute approximate surface area is 99.6 Å². The van der Waals surface area contributed by atoms with E-state index in [0.29, 0.717) is 12.5 Å². The summed E-state index contributed by atoms with van der Waals surface area (Å²) in [6.07, 6.45) is 1.96. The molecule has 1 atom stereocenters. The van der Waals surface area contributed by atoms with Gasteiger partial charge in [0.25, 0.3) is 0 Å². The van der Waals surface area contributed by atoms with Crippen molar-refractivity contribution in [3.8, 4) is 0 Å². The smallest absolute Gasteiger partial charge is 0.223 e. The predicted molar refractivity (Wildman–Crippen MR) is 67.1 cm³/mol. The van der Waals surface area contributed by atoms with Crippen LogP contribution in [0.15, 0.2) is 0 Å². The molecule has 0 aliphatic carbocycles. The van der Waals surface area contributed by atoms with Crippen LogP contribution in [0.2, 0.25) is 0 Å². The number of hydrogen-bond acceptors (Lipinski definition) is 2. The highest BCUT2D eigenvalue weighted by molar-refractivity contribution is 5.78. The third kappa shape index (κ3) is 5.50. The van der Waals surface area contributed by atoms with E-state index in [0.717, 1.165) is 12.8 Å². The fourth-order valence-electron chi connectivity index (χ4n) is 1.59. The second-order valence-corrected chi connectivity index (χ2v) is 5.68. The Hall–Kier alpha value is -0.570. The summed E-state index contributed by atoms with van der Waals surface area (Å²) in [5.41, 5.74) is -0.233. The zero-order valence-electron chi connectivity index (χ0n) is 11.3. The zero-order valence-corrected chi connectivity index (χ0v) is 11.3. The van der Waals surface area contributed by atoms with Gasteiger partial charge in [-0.25, -0.2) is 0 Å². The van der Waals surface area contributed by atoms with Gasteiger partial charge in [0, 0.05) is 24.5 Å². The number of hydrogen-bond donors (Lipinski definition) is 2. The lowest BCUT2D eigenvalue weighted by Gasteiger charge is -2.25. The van der Waals surface area contributed by atoms with Crippen LogP contribution in [0.1, 0.15) is 47.5 Å². The molecule has 2 N–H and O–H groups in total. The molecule has 0 bridgehead atoms. The highest BCUT2D eigenvalue weighted by Gasteiger charge is 2.23. The van der Waals surface area contributed by atoms with Crippen molar-refractivity contribution in [3.05, 3.63) is 0 Å². The van der Waals surface area contributed by atoms with Gasteiger partial charge in [0.1, 0.15) is 0 Å². The summed E-state index contributed by atoms with van der Waals surface area (Å²) in [5.74, 6) is 0.593. The number of nitrogens with one attached hydrogen (secondary N) is 1. The quantitative estimate of drug-likeness (QED) is 0.703. The van der Waals surface area contributed by atoms with E-state index in [2.05, 4.69) is 26.1 Å². The number of rotatable bonds is 7. The van der Waals surface area contributed by atoms with Crippen LogP contribution in [0, 0.1) is 17.3 Å². The van der Waals surface area contributed by atoms with Gasteiger partial charge in [-0.3, -0.25) is 4.79 Å². The molecular weight excluding hydrogens is 202 g/mol. The molecule has 16 heavy (non-hydrogen) atoms. The molecule has 0 aliphatic rings. The van der Waals surface area contributed by atoms with Gasteiger partial charge in [0.05, 0.1) is 0 Å². The number of aliphatic hydroxyl groups is 1. The molecule has 0 spiro atoms. The molecule has 96 valence electrons. The Morgan fingerprint density at radius 1 is 1.38 bits per heavy atom. The Kier molecular flexibility index (Phi) is 6.65. The molecule has 0 radical (unpaired) electrons. The molecule has 0 aromatic carbocycles. The fourth-order valence-corrected chi connectivity index (χ4v) is 1.59. The Morgan fingerprint density at radius 3 is 2.31 bits per heavy atom. The first kappa shape index (κ1) is 15.4. The van der Waals surface area contributed by atoms with E-state index < -0.39 is 0 Å². The highest BCUT2D eigenvalue weighted by atomic mass is 16.3. The maximum Gasteiger partial charge on any atom is 0.223 e. The molecule has 0 rings (SSSR count). The first-order valence-corrected chi connectivity index (χ1v) is 6.22. The standard InChI is InChI=1S/C13H27NO2/c1-6-7-11(10(2)3)12(16)14-8-13(4,5)9-15/h10-11,15H,6-9H2,1-5H3,(H,14,16). The summed E-state index contributed by atoms with van der Waals surface area (Å²) in [7, 11) is 0. The molecule has 1 amide bonds. The van der Waals surface area contributed by atoms with Gasteiger partial charge >= 0.3 is 0 Å². The predicted octanol–water partition coefficient (Wildman–Crippen LogP) is 2.19. The molecule has 0 heterocycles. The number of aliphatic hydroxyl groups excluding tert-OH is 1. The lowest BCUT2D eigenvalue weighted by molar-refractivity contribution is -0.127. The minimum atomic E-state index is -0.233. The minimum absolute atomic E-state index is 0.0907. The SMILES string of the molecule is CCCC(C(=O)NCC(C)(C)CO)C(C)C. The average molecular weight is 229 g/mol. The van der Waals surface area contributed by atoms with Crippen LogP contribution in [0.5, 0.6) is 0 Å². The molecule has 0 fully saturated rings. The summed E-state index contributed by atoms with van der Waals surface area (Å²) >= 11 is 0. The summed E-state index contributed by atoms with van der Waals surface area (Å²) in [6, 6.07) is 0. The third-order valence-corrected chi connectivity index (χ3v) is 2.91. The van der Waals surface area contributed by atoms with E-state index in [-0.39, 0.29) is 23.8 Å². The first-order valence-electron chi connectivity index (χ1n) is 6.22. The largest absolute Gasteiger partial charge is 0.396 e. The normalized spacial score (nSPS) is 13.9. The summed E-state index contributed by atoms with van der Waals surface area (Å²) < 4.78 is 0. The summed E-state index contributed by atoms with van der Waals surface area (Å²) in [6.45, 7) is 10.8. The maximum absolute atomic E-state index is 11.9. The van der Waals surface area contributed by atoms with Crippen molar-refractivity contribution in [2.45, 2.75) is 47.5 Å². The first-order chi connectivity index (χ1) is 7.34. The lowest BCUT2D eigenvalue weighted by atomic mass is 9.89. The van der Waals surface area contributed by atoms with E-state index in [1.807, 2.05) is 13.8 Å². The number of carbonyl (C=O) groups excluding carboxylic acids is 1. The van der Waals surface area contributed by atoms with Crippen molar-refractivity contribution in [2.75, 3.05) is 13.2 Å². The number of carbonyl (C=O) groups is 1. The van der Waals surface area contributed by atoms with Crippen LogP contribution in [0.25, 0.3) is 0 Å². The topological polar surface area (TPSA) is 49.3 Å². The second kappa shape index (κ2) is 6.89. The van der Waals surface area contributed by atoms with Crippen LogP contribution >= 0.6 is 0 Å². The van der Waals surface area contributed by atoms with Gasteiger partial charge in [-0.05, 0) is 12.3 Å². The van der Waals surface area contributed by atoms with E-state index >= 15 is 0 Å².